The molecule has 1 saturated heterocycles. The molecule has 112 valence electrons. The van der Waals surface area contributed by atoms with E-state index in [-0.39, 0.29) is 0 Å². The van der Waals surface area contributed by atoms with Gasteiger partial charge in [-0.15, -0.1) is 0 Å². The van der Waals surface area contributed by atoms with Crippen LogP contribution in [0.3, 0.4) is 0 Å². The molecular formula is C16H20ClN3O. The van der Waals surface area contributed by atoms with Gasteiger partial charge in [0.2, 0.25) is 0 Å². The smallest absolute Gasteiger partial charge is 0.0916 e. The molecule has 0 amide bonds. The molecule has 0 radical (unpaired) electrons. The number of β-amino-alcohol motifs (C(OH)–C–C–N with tert-alkyl or cyclic N) is 1. The van der Waals surface area contributed by atoms with Crippen molar-refractivity contribution in [3.8, 4) is 0 Å². The summed E-state index contributed by atoms with van der Waals surface area (Å²) in [5.41, 5.74) is 2.16. The molecule has 1 aliphatic heterocycles. The van der Waals surface area contributed by atoms with Gasteiger partial charge in [-0.05, 0) is 49.7 Å². The molecule has 5 heteroatoms. The van der Waals surface area contributed by atoms with Gasteiger partial charge in [-0.25, -0.2) is 0 Å². The third-order valence-corrected chi connectivity index (χ3v) is 4.49. The van der Waals surface area contributed by atoms with Crippen molar-refractivity contribution in [1.29, 1.82) is 0 Å². The van der Waals surface area contributed by atoms with Crippen LogP contribution in [0.4, 0.5) is 0 Å². The van der Waals surface area contributed by atoms with Crippen molar-refractivity contribution in [3.63, 3.8) is 0 Å². The second kappa shape index (κ2) is 6.60. The summed E-state index contributed by atoms with van der Waals surface area (Å²) < 4.78 is 0. The number of aliphatic hydroxyl groups excluding tert-OH is 1. The third-order valence-electron chi connectivity index (χ3n) is 4.24. The molecule has 1 aliphatic rings. The number of halogens is 1. The van der Waals surface area contributed by atoms with Crippen molar-refractivity contribution in [3.05, 3.63) is 52.8 Å². The van der Waals surface area contributed by atoms with Crippen LogP contribution in [0.25, 0.3) is 0 Å². The number of hydrogen-bond donors (Lipinski definition) is 2. The Labute approximate surface area is 129 Å². The Morgan fingerprint density at radius 3 is 2.57 bits per heavy atom. The van der Waals surface area contributed by atoms with Gasteiger partial charge in [-0.2, -0.15) is 5.10 Å². The summed E-state index contributed by atoms with van der Waals surface area (Å²) in [4.78, 5) is 2.33. The molecule has 4 nitrogen and oxygen atoms in total. The zero-order chi connectivity index (χ0) is 14.7. The number of nitrogens with one attached hydrogen (secondary N) is 1. The first kappa shape index (κ1) is 14.6. The third kappa shape index (κ3) is 3.64. The van der Waals surface area contributed by atoms with Crippen molar-refractivity contribution in [2.75, 3.05) is 19.6 Å². The van der Waals surface area contributed by atoms with E-state index in [1.807, 2.05) is 30.5 Å². The molecule has 1 atom stereocenters. The van der Waals surface area contributed by atoms with Gasteiger partial charge >= 0.3 is 0 Å². The molecule has 2 N–H and O–H groups in total. The molecule has 21 heavy (non-hydrogen) atoms. The number of hydrogen-bond acceptors (Lipinski definition) is 3. The van der Waals surface area contributed by atoms with Crippen LogP contribution < -0.4 is 0 Å². The summed E-state index contributed by atoms with van der Waals surface area (Å²) in [7, 11) is 0. The number of piperidine rings is 1. The molecule has 1 aromatic heterocycles. The summed E-state index contributed by atoms with van der Waals surface area (Å²) in [6.07, 6.45) is 3.57. The number of nitrogens with zero attached hydrogens (tertiary/aromatic N) is 2. The predicted molar refractivity (Wildman–Crippen MR) is 83.4 cm³/mol. The van der Waals surface area contributed by atoms with Crippen LogP contribution in [0.5, 0.6) is 0 Å². The van der Waals surface area contributed by atoms with Crippen LogP contribution in [0, 0.1) is 0 Å². The van der Waals surface area contributed by atoms with E-state index in [1.54, 1.807) is 0 Å². The number of aromatic nitrogens is 2. The fraction of sp³-hybridized carbons (Fsp3) is 0.438. The molecule has 0 spiro atoms. The van der Waals surface area contributed by atoms with E-state index in [2.05, 4.69) is 21.2 Å². The molecule has 2 heterocycles. The van der Waals surface area contributed by atoms with Gasteiger partial charge in [0.15, 0.2) is 0 Å². The zero-order valence-corrected chi connectivity index (χ0v) is 12.6. The maximum atomic E-state index is 10.3. The van der Waals surface area contributed by atoms with E-state index in [9.17, 15) is 5.11 Å². The number of aliphatic hydroxyl groups is 1. The fourth-order valence-electron chi connectivity index (χ4n) is 2.96. The Kier molecular flexibility index (Phi) is 4.58. The Bertz CT molecular complexity index is 547. The van der Waals surface area contributed by atoms with Crippen LogP contribution in [-0.2, 0) is 0 Å². The second-order valence-electron chi connectivity index (χ2n) is 5.65. The van der Waals surface area contributed by atoms with Crippen LogP contribution in [0.15, 0.2) is 36.5 Å². The van der Waals surface area contributed by atoms with Crippen molar-refractivity contribution >= 4 is 11.6 Å². The second-order valence-corrected chi connectivity index (χ2v) is 6.09. The topological polar surface area (TPSA) is 52.1 Å². The van der Waals surface area contributed by atoms with E-state index in [4.69, 9.17) is 11.6 Å². The minimum Gasteiger partial charge on any atom is -0.387 e. The molecule has 2 aromatic rings. The van der Waals surface area contributed by atoms with Crippen molar-refractivity contribution < 1.29 is 5.11 Å². The quantitative estimate of drug-likeness (QED) is 0.913. The Morgan fingerprint density at radius 1 is 1.24 bits per heavy atom. The monoisotopic (exact) mass is 305 g/mol. The predicted octanol–water partition coefficient (Wildman–Crippen LogP) is 2.98. The summed E-state index contributed by atoms with van der Waals surface area (Å²) in [6, 6.07) is 9.49. The number of likely N-dealkylation sites (tertiary alicyclic amines) is 1. The molecule has 1 fully saturated rings. The standard InChI is InChI=1S/C16H20ClN3O/c17-14-3-1-13(2-4-14)16(21)11-20-9-6-12(7-10-20)15-5-8-18-19-15/h1-5,8,12,16,21H,6-7,9-11H2,(H,18,19)/t16-/m1/s1. The van der Waals surface area contributed by atoms with Gasteiger partial charge in [0.05, 0.1) is 6.10 Å². The van der Waals surface area contributed by atoms with Crippen LogP contribution in [0.2, 0.25) is 5.02 Å². The van der Waals surface area contributed by atoms with Crippen LogP contribution >= 0.6 is 11.6 Å². The summed E-state index contributed by atoms with van der Waals surface area (Å²) in [5.74, 6) is 0.566. The highest BCUT2D eigenvalue weighted by Gasteiger charge is 2.23. The lowest BCUT2D eigenvalue weighted by molar-refractivity contribution is 0.0969. The average Bonchev–Trinajstić information content (AvgIpc) is 3.03. The molecule has 0 saturated carbocycles. The van der Waals surface area contributed by atoms with Crippen molar-refractivity contribution in [2.45, 2.75) is 24.9 Å². The molecule has 0 aliphatic carbocycles. The molecule has 3 rings (SSSR count). The number of rotatable bonds is 4. The summed E-state index contributed by atoms with van der Waals surface area (Å²) in [6.45, 7) is 2.69. The van der Waals surface area contributed by atoms with Crippen molar-refractivity contribution in [2.24, 2.45) is 0 Å². The highest BCUT2D eigenvalue weighted by Crippen LogP contribution is 2.27. The normalized spacial score (nSPS) is 18.8. The Morgan fingerprint density at radius 2 is 1.95 bits per heavy atom. The highest BCUT2D eigenvalue weighted by atomic mass is 35.5. The summed E-state index contributed by atoms with van der Waals surface area (Å²) in [5, 5.41) is 18.1. The largest absolute Gasteiger partial charge is 0.387 e. The lowest BCUT2D eigenvalue weighted by atomic mass is 9.93. The minimum atomic E-state index is -0.453. The first-order valence-electron chi connectivity index (χ1n) is 7.37. The van der Waals surface area contributed by atoms with E-state index in [0.29, 0.717) is 17.5 Å². The molecule has 0 unspecified atom stereocenters. The van der Waals surface area contributed by atoms with E-state index < -0.39 is 6.10 Å². The van der Waals surface area contributed by atoms with E-state index >= 15 is 0 Å². The van der Waals surface area contributed by atoms with Gasteiger partial charge in [-0.1, -0.05) is 23.7 Å². The Balaban J connectivity index is 1.52. The first-order chi connectivity index (χ1) is 10.2. The molecular weight excluding hydrogens is 286 g/mol. The van der Waals surface area contributed by atoms with E-state index in [1.165, 1.54) is 5.69 Å². The van der Waals surface area contributed by atoms with Crippen LogP contribution in [-0.4, -0.2) is 39.8 Å². The zero-order valence-electron chi connectivity index (χ0n) is 11.9. The fourth-order valence-corrected chi connectivity index (χ4v) is 3.08. The Hall–Kier alpha value is -1.36. The molecule has 1 aromatic carbocycles. The van der Waals surface area contributed by atoms with Crippen molar-refractivity contribution in [1.82, 2.24) is 15.1 Å². The van der Waals surface area contributed by atoms with Gasteiger partial charge < -0.3 is 10.0 Å². The van der Waals surface area contributed by atoms with Gasteiger partial charge in [-0.3, -0.25) is 5.10 Å². The average molecular weight is 306 g/mol. The van der Waals surface area contributed by atoms with Gasteiger partial charge in [0.25, 0.3) is 0 Å². The maximum Gasteiger partial charge on any atom is 0.0916 e. The lowest BCUT2D eigenvalue weighted by Gasteiger charge is -2.32. The highest BCUT2D eigenvalue weighted by molar-refractivity contribution is 6.30. The van der Waals surface area contributed by atoms with Gasteiger partial charge in [0, 0.05) is 29.4 Å². The number of H-pyrrole nitrogens is 1. The van der Waals surface area contributed by atoms with Gasteiger partial charge in [0.1, 0.15) is 0 Å². The summed E-state index contributed by atoms with van der Waals surface area (Å²) >= 11 is 5.87. The van der Waals surface area contributed by atoms with E-state index in [0.717, 1.165) is 31.5 Å². The number of aromatic amines is 1. The van der Waals surface area contributed by atoms with Crippen LogP contribution in [0.1, 0.15) is 36.1 Å². The first-order valence-corrected chi connectivity index (χ1v) is 7.75. The minimum absolute atomic E-state index is 0.453. The maximum absolute atomic E-state index is 10.3. The number of benzene rings is 1. The molecule has 0 bridgehead atoms. The lowest BCUT2D eigenvalue weighted by Crippen LogP contribution is -2.36. The SMILES string of the molecule is O[C@H](CN1CCC(c2ccn[nH]2)CC1)c1ccc(Cl)cc1.